The Kier molecular flexibility index (Phi) is 5.54. The molecule has 0 bridgehead atoms. The number of rotatable bonds is 4. The van der Waals surface area contributed by atoms with Crippen LogP contribution in [-0.2, 0) is 9.84 Å². The van der Waals surface area contributed by atoms with Crippen LogP contribution in [0.3, 0.4) is 0 Å². The summed E-state index contributed by atoms with van der Waals surface area (Å²) >= 11 is 0. The second-order valence-electron chi connectivity index (χ2n) is 6.53. The maximum atomic E-state index is 14.9. The van der Waals surface area contributed by atoms with Crippen LogP contribution in [-0.4, -0.2) is 52.9 Å². The van der Waals surface area contributed by atoms with Crippen molar-refractivity contribution in [2.24, 2.45) is 5.92 Å². The van der Waals surface area contributed by atoms with Gasteiger partial charge in [-0.15, -0.1) is 0 Å². The zero-order valence-corrected chi connectivity index (χ0v) is 15.9. The lowest BCUT2D eigenvalue weighted by Gasteiger charge is -2.35. The highest BCUT2D eigenvalue weighted by Gasteiger charge is 2.53. The highest BCUT2D eigenvalue weighted by Crippen LogP contribution is 2.41. The molecule has 0 atom stereocenters. The van der Waals surface area contributed by atoms with Crippen molar-refractivity contribution in [2.45, 2.75) is 29.9 Å². The van der Waals surface area contributed by atoms with Gasteiger partial charge in [-0.3, -0.25) is 4.98 Å². The standard InChI is InChI=1S/C17H19F2N5O3S/c1-12-10-20-6-3-15(12)28(26,27)17(18,19)13-4-8-24(9-5-13)16(25)23-14-2-7-21-22-11-14/h2-3,6-7,10-11,13H,4-5,8-9H2,1H3,(H,21,23,25). The molecular weight excluding hydrogens is 392 g/mol. The Balaban J connectivity index is 1.68. The monoisotopic (exact) mass is 411 g/mol. The number of piperidine rings is 1. The van der Waals surface area contributed by atoms with E-state index in [0.29, 0.717) is 5.69 Å². The van der Waals surface area contributed by atoms with Crippen LogP contribution in [0.2, 0.25) is 0 Å². The van der Waals surface area contributed by atoms with Crippen LogP contribution in [0.1, 0.15) is 18.4 Å². The number of hydrogen-bond acceptors (Lipinski definition) is 6. The van der Waals surface area contributed by atoms with Crippen LogP contribution in [0, 0.1) is 12.8 Å². The summed E-state index contributed by atoms with van der Waals surface area (Å²) < 4.78 is 54.9. The predicted molar refractivity (Wildman–Crippen MR) is 96.5 cm³/mol. The number of amides is 2. The Labute approximate surface area is 160 Å². The van der Waals surface area contributed by atoms with Gasteiger partial charge in [0.05, 0.1) is 23.0 Å². The van der Waals surface area contributed by atoms with Crippen LogP contribution >= 0.6 is 0 Å². The summed E-state index contributed by atoms with van der Waals surface area (Å²) in [6.07, 6.45) is 4.94. The highest BCUT2D eigenvalue weighted by atomic mass is 32.2. The van der Waals surface area contributed by atoms with Gasteiger partial charge in [0.2, 0.25) is 9.84 Å². The molecule has 1 aliphatic heterocycles. The molecule has 0 spiro atoms. The van der Waals surface area contributed by atoms with Crippen LogP contribution in [0.5, 0.6) is 0 Å². The third kappa shape index (κ3) is 3.79. The van der Waals surface area contributed by atoms with E-state index in [4.69, 9.17) is 0 Å². The maximum Gasteiger partial charge on any atom is 0.352 e. The van der Waals surface area contributed by atoms with E-state index in [0.717, 1.165) is 6.07 Å². The van der Waals surface area contributed by atoms with Gasteiger partial charge < -0.3 is 10.2 Å². The fourth-order valence-corrected chi connectivity index (χ4v) is 4.80. The van der Waals surface area contributed by atoms with Crippen molar-refractivity contribution in [2.75, 3.05) is 18.4 Å². The number of aromatic nitrogens is 3. The molecule has 3 rings (SSSR count). The van der Waals surface area contributed by atoms with Crippen molar-refractivity contribution in [1.29, 1.82) is 0 Å². The topological polar surface area (TPSA) is 105 Å². The summed E-state index contributed by atoms with van der Waals surface area (Å²) in [6, 6.07) is 2.18. The van der Waals surface area contributed by atoms with Gasteiger partial charge in [0.1, 0.15) is 0 Å². The van der Waals surface area contributed by atoms with Gasteiger partial charge >= 0.3 is 11.3 Å². The second kappa shape index (κ2) is 7.74. The smallest absolute Gasteiger partial charge is 0.325 e. The zero-order valence-electron chi connectivity index (χ0n) is 15.0. The number of pyridine rings is 1. The number of nitrogens with zero attached hydrogens (tertiary/aromatic N) is 4. The fourth-order valence-electron chi connectivity index (χ4n) is 3.11. The summed E-state index contributed by atoms with van der Waals surface area (Å²) in [6.45, 7) is 1.47. The number of urea groups is 1. The summed E-state index contributed by atoms with van der Waals surface area (Å²) in [5.41, 5.74) is 0.605. The number of halogens is 2. The lowest BCUT2D eigenvalue weighted by atomic mass is 9.97. The molecule has 0 aromatic carbocycles. The van der Waals surface area contributed by atoms with Crippen molar-refractivity contribution in [3.8, 4) is 0 Å². The number of likely N-dealkylation sites (tertiary alicyclic amines) is 1. The Morgan fingerprint density at radius 1 is 1.18 bits per heavy atom. The molecule has 2 aromatic rings. The molecule has 1 fully saturated rings. The molecule has 0 saturated carbocycles. The first-order chi connectivity index (χ1) is 13.2. The van der Waals surface area contributed by atoms with Crippen molar-refractivity contribution in [3.05, 3.63) is 42.5 Å². The zero-order chi connectivity index (χ0) is 20.4. The molecule has 0 aliphatic carbocycles. The SMILES string of the molecule is Cc1cnccc1S(=O)(=O)C(F)(F)C1CCN(C(=O)Nc2ccnnc2)CC1. The van der Waals surface area contributed by atoms with E-state index in [2.05, 4.69) is 20.5 Å². The van der Waals surface area contributed by atoms with Crippen LogP contribution in [0.25, 0.3) is 0 Å². The third-order valence-corrected chi connectivity index (χ3v) is 6.80. The molecule has 2 amide bonds. The molecule has 3 heterocycles. The van der Waals surface area contributed by atoms with Gasteiger partial charge in [0.25, 0.3) is 0 Å². The number of alkyl halides is 2. The van der Waals surface area contributed by atoms with Gasteiger partial charge in [-0.2, -0.15) is 19.0 Å². The number of sulfone groups is 1. The number of anilines is 1. The molecule has 11 heteroatoms. The van der Waals surface area contributed by atoms with Crippen molar-refractivity contribution in [3.63, 3.8) is 0 Å². The van der Waals surface area contributed by atoms with E-state index in [1.807, 2.05) is 0 Å². The average Bonchev–Trinajstić information content (AvgIpc) is 2.69. The molecule has 28 heavy (non-hydrogen) atoms. The second-order valence-corrected chi connectivity index (χ2v) is 8.52. The number of carbonyl (C=O) groups is 1. The Hall–Kier alpha value is -2.69. The minimum atomic E-state index is -4.86. The summed E-state index contributed by atoms with van der Waals surface area (Å²) in [7, 11) is -4.86. The minimum Gasteiger partial charge on any atom is -0.325 e. The van der Waals surface area contributed by atoms with Crippen LogP contribution < -0.4 is 5.32 Å². The van der Waals surface area contributed by atoms with E-state index in [1.54, 1.807) is 6.07 Å². The van der Waals surface area contributed by atoms with Crippen molar-refractivity contribution >= 4 is 21.6 Å². The average molecular weight is 411 g/mol. The summed E-state index contributed by atoms with van der Waals surface area (Å²) in [5, 5.41) is 5.90. The Morgan fingerprint density at radius 3 is 2.50 bits per heavy atom. The molecular formula is C17H19F2N5O3S. The van der Waals surface area contributed by atoms with E-state index < -0.39 is 31.9 Å². The van der Waals surface area contributed by atoms with E-state index in [9.17, 15) is 22.0 Å². The fraction of sp³-hybridized carbons (Fsp3) is 0.412. The van der Waals surface area contributed by atoms with E-state index in [1.165, 1.54) is 36.6 Å². The van der Waals surface area contributed by atoms with Crippen molar-refractivity contribution < 1.29 is 22.0 Å². The Bertz CT molecular complexity index is 948. The molecule has 2 aromatic heterocycles. The molecule has 0 unspecified atom stereocenters. The molecule has 1 N–H and O–H groups in total. The molecule has 150 valence electrons. The van der Waals surface area contributed by atoms with Gasteiger partial charge in [0, 0.05) is 31.4 Å². The highest BCUT2D eigenvalue weighted by molar-refractivity contribution is 7.92. The number of nitrogens with one attached hydrogen (secondary N) is 1. The normalized spacial score (nSPS) is 16.0. The van der Waals surface area contributed by atoms with E-state index >= 15 is 0 Å². The van der Waals surface area contributed by atoms with Crippen LogP contribution in [0.4, 0.5) is 19.3 Å². The first kappa shape index (κ1) is 20.1. The lowest BCUT2D eigenvalue weighted by molar-refractivity contribution is 0.000390. The first-order valence-corrected chi connectivity index (χ1v) is 10.1. The molecule has 1 saturated heterocycles. The lowest BCUT2D eigenvalue weighted by Crippen LogP contribution is -2.47. The first-order valence-electron chi connectivity index (χ1n) is 8.59. The van der Waals surface area contributed by atoms with Gasteiger partial charge in [0.15, 0.2) is 0 Å². The number of carbonyl (C=O) groups excluding carboxylic acids is 1. The summed E-state index contributed by atoms with van der Waals surface area (Å²) in [4.78, 5) is 16.9. The van der Waals surface area contributed by atoms with Gasteiger partial charge in [-0.1, -0.05) is 0 Å². The largest absolute Gasteiger partial charge is 0.352 e. The van der Waals surface area contributed by atoms with Crippen molar-refractivity contribution in [1.82, 2.24) is 20.1 Å². The maximum absolute atomic E-state index is 14.9. The minimum absolute atomic E-state index is 0.0233. The third-order valence-electron chi connectivity index (χ3n) is 4.71. The van der Waals surface area contributed by atoms with Gasteiger partial charge in [-0.05, 0) is 37.5 Å². The molecule has 8 nitrogen and oxygen atoms in total. The predicted octanol–water partition coefficient (Wildman–Crippen LogP) is 2.49. The number of aryl methyl sites for hydroxylation is 1. The molecule has 0 radical (unpaired) electrons. The molecule has 1 aliphatic rings. The quantitative estimate of drug-likeness (QED) is 0.829. The summed E-state index contributed by atoms with van der Waals surface area (Å²) in [5.74, 6) is -1.38. The van der Waals surface area contributed by atoms with E-state index in [-0.39, 0.29) is 31.5 Å². The number of hydrogen-bond donors (Lipinski definition) is 1. The van der Waals surface area contributed by atoms with Crippen LogP contribution in [0.15, 0.2) is 41.8 Å². The van der Waals surface area contributed by atoms with Gasteiger partial charge in [-0.25, -0.2) is 13.2 Å². The Morgan fingerprint density at radius 2 is 1.89 bits per heavy atom.